The summed E-state index contributed by atoms with van der Waals surface area (Å²) in [7, 11) is 0. The number of carbonyl (C=O) groups is 1. The Kier molecular flexibility index (Phi) is 4.73. The van der Waals surface area contributed by atoms with E-state index < -0.39 is 6.10 Å². The molecule has 1 fully saturated rings. The fourth-order valence-electron chi connectivity index (χ4n) is 2.72. The van der Waals surface area contributed by atoms with Crippen molar-refractivity contribution in [3.8, 4) is 11.3 Å². The average molecular weight is 314 g/mol. The quantitative estimate of drug-likeness (QED) is 0.907. The normalized spacial score (nSPS) is 19.0. The number of benzene rings is 1. The predicted octanol–water partition coefficient (Wildman–Crippen LogP) is 2.12. The van der Waals surface area contributed by atoms with Gasteiger partial charge >= 0.3 is 0 Å². The molecule has 3 rings (SSSR count). The Labute approximate surface area is 135 Å². The first-order valence-corrected chi connectivity index (χ1v) is 7.90. The molecular weight excluding hydrogens is 292 g/mol. The van der Waals surface area contributed by atoms with Gasteiger partial charge in [-0.1, -0.05) is 30.3 Å². The maximum atomic E-state index is 12.5. The predicted molar refractivity (Wildman–Crippen MR) is 89.1 cm³/mol. The summed E-state index contributed by atoms with van der Waals surface area (Å²) in [6, 6.07) is 10.2. The SMILES string of the molecule is CC(C)N1CCOC(C(=O)Nc2cn[nH]c2-c2ccccc2)C1. The number of aromatic nitrogens is 2. The van der Waals surface area contributed by atoms with Crippen LogP contribution in [0.5, 0.6) is 0 Å². The van der Waals surface area contributed by atoms with Gasteiger partial charge in [0.1, 0.15) is 6.10 Å². The largest absolute Gasteiger partial charge is 0.366 e. The second kappa shape index (κ2) is 6.93. The minimum atomic E-state index is -0.454. The Morgan fingerprint density at radius 1 is 1.39 bits per heavy atom. The molecule has 1 atom stereocenters. The number of amides is 1. The third kappa shape index (κ3) is 3.60. The molecule has 122 valence electrons. The first-order valence-electron chi connectivity index (χ1n) is 7.90. The topological polar surface area (TPSA) is 70.2 Å². The number of hydrogen-bond acceptors (Lipinski definition) is 4. The molecule has 1 aliphatic rings. The van der Waals surface area contributed by atoms with Gasteiger partial charge in [0.15, 0.2) is 0 Å². The van der Waals surface area contributed by atoms with Gasteiger partial charge in [0.25, 0.3) is 5.91 Å². The molecule has 0 radical (unpaired) electrons. The summed E-state index contributed by atoms with van der Waals surface area (Å²) >= 11 is 0. The molecule has 1 unspecified atom stereocenters. The van der Waals surface area contributed by atoms with E-state index in [9.17, 15) is 4.79 Å². The fourth-order valence-corrected chi connectivity index (χ4v) is 2.72. The lowest BCUT2D eigenvalue weighted by Gasteiger charge is -2.34. The summed E-state index contributed by atoms with van der Waals surface area (Å²) in [4.78, 5) is 14.8. The van der Waals surface area contributed by atoms with Crippen molar-refractivity contribution in [3.05, 3.63) is 36.5 Å². The maximum absolute atomic E-state index is 12.5. The minimum absolute atomic E-state index is 0.131. The number of carbonyl (C=O) groups excluding carboxylic acids is 1. The summed E-state index contributed by atoms with van der Waals surface area (Å²) in [5, 5.41) is 9.92. The number of ether oxygens (including phenoxy) is 1. The molecule has 1 aromatic heterocycles. The number of rotatable bonds is 4. The van der Waals surface area contributed by atoms with E-state index in [0.29, 0.717) is 24.9 Å². The van der Waals surface area contributed by atoms with Crippen LogP contribution in [0.2, 0.25) is 0 Å². The Morgan fingerprint density at radius 3 is 2.91 bits per heavy atom. The molecule has 23 heavy (non-hydrogen) atoms. The molecular formula is C17H22N4O2. The van der Waals surface area contributed by atoms with Gasteiger partial charge < -0.3 is 10.1 Å². The van der Waals surface area contributed by atoms with Crippen LogP contribution in [-0.4, -0.2) is 52.8 Å². The van der Waals surface area contributed by atoms with E-state index in [0.717, 1.165) is 17.8 Å². The molecule has 0 spiro atoms. The van der Waals surface area contributed by atoms with Crippen LogP contribution >= 0.6 is 0 Å². The highest BCUT2D eigenvalue weighted by Crippen LogP contribution is 2.25. The van der Waals surface area contributed by atoms with E-state index in [4.69, 9.17) is 4.74 Å². The van der Waals surface area contributed by atoms with E-state index in [1.807, 2.05) is 30.3 Å². The zero-order valence-corrected chi connectivity index (χ0v) is 13.5. The molecule has 6 nitrogen and oxygen atoms in total. The van der Waals surface area contributed by atoms with Crippen molar-refractivity contribution >= 4 is 11.6 Å². The van der Waals surface area contributed by atoms with Crippen molar-refractivity contribution in [2.75, 3.05) is 25.0 Å². The zero-order valence-electron chi connectivity index (χ0n) is 13.5. The molecule has 2 aromatic rings. The Bertz CT molecular complexity index is 654. The highest BCUT2D eigenvalue weighted by atomic mass is 16.5. The number of nitrogens with zero attached hydrogens (tertiary/aromatic N) is 2. The Hall–Kier alpha value is -2.18. The molecule has 1 aromatic carbocycles. The van der Waals surface area contributed by atoms with Crippen molar-refractivity contribution in [1.29, 1.82) is 0 Å². The minimum Gasteiger partial charge on any atom is -0.366 e. The number of nitrogens with one attached hydrogen (secondary N) is 2. The molecule has 1 saturated heterocycles. The molecule has 2 heterocycles. The molecule has 0 aliphatic carbocycles. The van der Waals surface area contributed by atoms with Crippen LogP contribution < -0.4 is 5.32 Å². The van der Waals surface area contributed by atoms with E-state index in [-0.39, 0.29) is 5.91 Å². The van der Waals surface area contributed by atoms with Crippen LogP contribution in [0.1, 0.15) is 13.8 Å². The standard InChI is InChI=1S/C17H22N4O2/c1-12(2)21-8-9-23-15(11-21)17(22)19-14-10-18-20-16(14)13-6-4-3-5-7-13/h3-7,10,12,15H,8-9,11H2,1-2H3,(H,18,20)(H,19,22). The van der Waals surface area contributed by atoms with E-state index in [2.05, 4.69) is 34.3 Å². The third-order valence-electron chi connectivity index (χ3n) is 4.08. The lowest BCUT2D eigenvalue weighted by atomic mass is 10.1. The zero-order chi connectivity index (χ0) is 16.2. The number of hydrogen-bond donors (Lipinski definition) is 2. The van der Waals surface area contributed by atoms with Crippen LogP contribution in [0, 0.1) is 0 Å². The molecule has 2 N–H and O–H groups in total. The van der Waals surface area contributed by atoms with Crippen molar-refractivity contribution < 1.29 is 9.53 Å². The molecule has 0 saturated carbocycles. The molecule has 1 aliphatic heterocycles. The van der Waals surface area contributed by atoms with E-state index in [1.165, 1.54) is 0 Å². The monoisotopic (exact) mass is 314 g/mol. The smallest absolute Gasteiger partial charge is 0.254 e. The summed E-state index contributed by atoms with van der Waals surface area (Å²) in [6.07, 6.45) is 1.17. The second-order valence-corrected chi connectivity index (χ2v) is 5.96. The Balaban J connectivity index is 1.70. The van der Waals surface area contributed by atoms with Gasteiger partial charge in [-0.05, 0) is 13.8 Å². The second-order valence-electron chi connectivity index (χ2n) is 5.96. The van der Waals surface area contributed by atoms with Gasteiger partial charge in [-0.3, -0.25) is 14.8 Å². The van der Waals surface area contributed by atoms with Crippen LogP contribution in [-0.2, 0) is 9.53 Å². The number of H-pyrrole nitrogens is 1. The highest BCUT2D eigenvalue weighted by molar-refractivity contribution is 5.97. The van der Waals surface area contributed by atoms with Gasteiger partial charge in [0.05, 0.1) is 24.2 Å². The van der Waals surface area contributed by atoms with Gasteiger partial charge in [-0.25, -0.2) is 0 Å². The fraction of sp³-hybridized carbons (Fsp3) is 0.412. The van der Waals surface area contributed by atoms with Crippen LogP contribution in [0.25, 0.3) is 11.3 Å². The van der Waals surface area contributed by atoms with Crippen LogP contribution in [0.4, 0.5) is 5.69 Å². The highest BCUT2D eigenvalue weighted by Gasteiger charge is 2.28. The first-order chi connectivity index (χ1) is 11.1. The molecule has 6 heteroatoms. The van der Waals surface area contributed by atoms with Crippen LogP contribution in [0.15, 0.2) is 36.5 Å². The molecule has 0 bridgehead atoms. The summed E-state index contributed by atoms with van der Waals surface area (Å²) in [5.74, 6) is -0.131. The van der Waals surface area contributed by atoms with Crippen LogP contribution in [0.3, 0.4) is 0 Å². The third-order valence-corrected chi connectivity index (χ3v) is 4.08. The summed E-state index contributed by atoms with van der Waals surface area (Å²) in [5.41, 5.74) is 2.45. The van der Waals surface area contributed by atoms with Crippen molar-refractivity contribution in [1.82, 2.24) is 15.1 Å². The van der Waals surface area contributed by atoms with Gasteiger partial charge in [0.2, 0.25) is 0 Å². The average Bonchev–Trinajstić information content (AvgIpc) is 3.04. The van der Waals surface area contributed by atoms with Crippen molar-refractivity contribution in [3.63, 3.8) is 0 Å². The van der Waals surface area contributed by atoms with Crippen molar-refractivity contribution in [2.24, 2.45) is 0 Å². The van der Waals surface area contributed by atoms with E-state index >= 15 is 0 Å². The van der Waals surface area contributed by atoms with Gasteiger partial charge in [-0.2, -0.15) is 5.10 Å². The van der Waals surface area contributed by atoms with Crippen molar-refractivity contribution in [2.45, 2.75) is 26.0 Å². The van der Waals surface area contributed by atoms with Gasteiger partial charge in [-0.15, -0.1) is 0 Å². The lowest BCUT2D eigenvalue weighted by molar-refractivity contribution is -0.133. The summed E-state index contributed by atoms with van der Waals surface area (Å²) < 4.78 is 5.63. The lowest BCUT2D eigenvalue weighted by Crippen LogP contribution is -2.50. The number of aromatic amines is 1. The van der Waals surface area contributed by atoms with E-state index in [1.54, 1.807) is 6.20 Å². The Morgan fingerprint density at radius 2 is 2.17 bits per heavy atom. The number of anilines is 1. The number of morpholine rings is 1. The van der Waals surface area contributed by atoms with Gasteiger partial charge in [0, 0.05) is 24.7 Å². The maximum Gasteiger partial charge on any atom is 0.254 e. The first kappa shape index (κ1) is 15.7. The molecule has 1 amide bonds. The summed E-state index contributed by atoms with van der Waals surface area (Å²) in [6.45, 7) is 6.31.